The van der Waals surface area contributed by atoms with Gasteiger partial charge in [0.2, 0.25) is 0 Å². The van der Waals surface area contributed by atoms with Gasteiger partial charge in [0.15, 0.2) is 6.17 Å². The van der Waals surface area contributed by atoms with Gasteiger partial charge in [-0.25, -0.2) is 8.78 Å². The second kappa shape index (κ2) is 6.81. The van der Waals surface area contributed by atoms with E-state index in [9.17, 15) is 23.7 Å². The zero-order chi connectivity index (χ0) is 18.8. The molecular weight excluding hydrogens is 332 g/mol. The minimum atomic E-state index is -2.10. The van der Waals surface area contributed by atoms with E-state index >= 15 is 0 Å². The number of hydrogen-bond acceptors (Lipinski definition) is 4. The summed E-state index contributed by atoms with van der Waals surface area (Å²) in [5.74, 6) is -1.79. The van der Waals surface area contributed by atoms with Crippen molar-refractivity contribution in [3.05, 3.63) is 69.2 Å². The molecule has 130 valence electrons. The number of alkyl halides is 1. The van der Waals surface area contributed by atoms with E-state index in [0.29, 0.717) is 11.6 Å². The van der Waals surface area contributed by atoms with Crippen molar-refractivity contribution >= 4 is 5.91 Å². The highest BCUT2D eigenvalue weighted by atomic mass is 19.1. The fourth-order valence-corrected chi connectivity index (χ4v) is 2.26. The Balaban J connectivity index is 2.27. The predicted octanol–water partition coefficient (Wildman–Crippen LogP) is 2.95. The molecule has 0 saturated carbocycles. The third kappa shape index (κ3) is 3.88. The van der Waals surface area contributed by atoms with Gasteiger partial charge in [-0.1, -0.05) is 12.1 Å². The van der Waals surface area contributed by atoms with Crippen molar-refractivity contribution in [1.29, 1.82) is 5.26 Å². The fraction of sp³-hybridized carbons (Fsp3) is 0.294. The fourth-order valence-electron chi connectivity index (χ4n) is 2.26. The van der Waals surface area contributed by atoms with Gasteiger partial charge in [0.1, 0.15) is 5.83 Å². The highest BCUT2D eigenvalue weighted by molar-refractivity contribution is 5.96. The van der Waals surface area contributed by atoms with E-state index in [1.165, 1.54) is 12.1 Å². The second-order valence-corrected chi connectivity index (χ2v) is 6.09. The number of halogens is 2. The third-order valence-corrected chi connectivity index (χ3v) is 3.84. The lowest BCUT2D eigenvalue weighted by atomic mass is 9.85. The molecule has 0 aliphatic heterocycles. The van der Waals surface area contributed by atoms with Crippen LogP contribution in [0.2, 0.25) is 0 Å². The van der Waals surface area contributed by atoms with Crippen molar-refractivity contribution in [2.45, 2.75) is 31.5 Å². The van der Waals surface area contributed by atoms with Crippen LogP contribution in [0.5, 0.6) is 0 Å². The Morgan fingerprint density at radius 1 is 1.40 bits per heavy atom. The van der Waals surface area contributed by atoms with Gasteiger partial charge < -0.3 is 5.32 Å². The molecule has 1 N–H and O–H groups in total. The van der Waals surface area contributed by atoms with Gasteiger partial charge in [0.05, 0.1) is 17.2 Å². The van der Waals surface area contributed by atoms with Crippen LogP contribution in [0, 0.1) is 21.4 Å². The van der Waals surface area contributed by atoms with Crippen molar-refractivity contribution in [1.82, 2.24) is 5.32 Å². The Bertz CT molecular complexity index is 825. The first-order valence-corrected chi connectivity index (χ1v) is 7.36. The molecule has 0 saturated heterocycles. The van der Waals surface area contributed by atoms with E-state index in [-0.39, 0.29) is 5.56 Å². The van der Waals surface area contributed by atoms with E-state index in [1.54, 1.807) is 26.0 Å². The normalized spacial score (nSPS) is 20.1. The van der Waals surface area contributed by atoms with Gasteiger partial charge in [-0.15, -0.1) is 0 Å². The monoisotopic (exact) mass is 347 g/mol. The molecule has 1 aromatic carbocycles. The van der Waals surface area contributed by atoms with E-state index in [4.69, 9.17) is 5.26 Å². The van der Waals surface area contributed by atoms with Crippen LogP contribution in [-0.2, 0) is 5.41 Å². The lowest BCUT2D eigenvalue weighted by Gasteiger charge is -2.18. The molecule has 1 aromatic rings. The number of nitrogens with zero attached hydrogens (tertiary/aromatic N) is 2. The van der Waals surface area contributed by atoms with Gasteiger partial charge in [-0.2, -0.15) is 5.26 Å². The Morgan fingerprint density at radius 3 is 2.68 bits per heavy atom. The molecular formula is C17H15F2N3O3. The maximum Gasteiger partial charge on any atom is 0.268 e. The number of nitriles is 1. The van der Waals surface area contributed by atoms with Gasteiger partial charge >= 0.3 is 0 Å². The first kappa shape index (κ1) is 18.3. The summed E-state index contributed by atoms with van der Waals surface area (Å²) in [6.45, 7) is 3.36. The Labute approximate surface area is 142 Å². The first-order chi connectivity index (χ1) is 11.7. The van der Waals surface area contributed by atoms with Gasteiger partial charge in [0, 0.05) is 16.6 Å². The van der Waals surface area contributed by atoms with E-state index < -0.39 is 40.0 Å². The Hall–Kier alpha value is -3.08. The molecule has 2 rings (SSSR count). The summed E-state index contributed by atoms with van der Waals surface area (Å²) in [6, 6.07) is 6.53. The molecule has 1 amide bonds. The number of carbonyl (C=O) groups excluding carboxylic acids is 1. The zero-order valence-corrected chi connectivity index (χ0v) is 13.5. The summed E-state index contributed by atoms with van der Waals surface area (Å²) in [4.78, 5) is 22.2. The van der Waals surface area contributed by atoms with Crippen LogP contribution >= 0.6 is 0 Å². The Kier molecular flexibility index (Phi) is 4.97. The van der Waals surface area contributed by atoms with E-state index in [0.717, 1.165) is 6.08 Å². The van der Waals surface area contributed by atoms with Crippen LogP contribution in [0.15, 0.2) is 47.9 Å². The molecule has 8 heteroatoms. The van der Waals surface area contributed by atoms with Crippen LogP contribution < -0.4 is 5.32 Å². The highest BCUT2D eigenvalue weighted by Gasteiger charge is 2.34. The maximum absolute atomic E-state index is 13.8. The van der Waals surface area contributed by atoms with Crippen molar-refractivity contribution in [2.75, 3.05) is 0 Å². The maximum atomic E-state index is 13.8. The second-order valence-electron chi connectivity index (χ2n) is 6.09. The number of rotatable bonds is 4. The average Bonchev–Trinajstić information content (AvgIpc) is 2.57. The standard InChI is InChI=1S/C17H15F2N3O3/c1-17(2,9-20)11-5-3-4-10(6-11)16(23)21-14-8-15(22(24)25)13(19)7-12(14)18/h3-8,13,15H,1-2H3,(H,21,23). The number of hydrogen-bond donors (Lipinski definition) is 1. The minimum Gasteiger partial charge on any atom is -0.320 e. The topological polar surface area (TPSA) is 96.0 Å². The van der Waals surface area contributed by atoms with Crippen LogP contribution in [-0.4, -0.2) is 23.0 Å². The number of nitrogens with one attached hydrogen (secondary N) is 1. The molecule has 6 nitrogen and oxygen atoms in total. The quantitative estimate of drug-likeness (QED) is 0.669. The zero-order valence-electron chi connectivity index (χ0n) is 13.5. The van der Waals surface area contributed by atoms with Crippen LogP contribution in [0.25, 0.3) is 0 Å². The van der Waals surface area contributed by atoms with Crippen LogP contribution in [0.1, 0.15) is 29.8 Å². The van der Waals surface area contributed by atoms with Gasteiger partial charge in [0.25, 0.3) is 11.9 Å². The van der Waals surface area contributed by atoms with Crippen LogP contribution in [0.3, 0.4) is 0 Å². The number of amides is 1. The predicted molar refractivity (Wildman–Crippen MR) is 85.5 cm³/mol. The third-order valence-electron chi connectivity index (χ3n) is 3.84. The van der Waals surface area contributed by atoms with E-state index in [2.05, 4.69) is 11.4 Å². The molecule has 0 heterocycles. The first-order valence-electron chi connectivity index (χ1n) is 7.36. The SMILES string of the molecule is CC(C)(C#N)c1cccc(C(=O)NC2=CC([N+](=O)[O-])C(F)C=C2F)c1. The molecule has 0 fully saturated rings. The summed E-state index contributed by atoms with van der Waals surface area (Å²) < 4.78 is 27.3. The summed E-state index contributed by atoms with van der Waals surface area (Å²) >= 11 is 0. The smallest absolute Gasteiger partial charge is 0.268 e. The molecule has 1 aliphatic carbocycles. The molecule has 0 spiro atoms. The molecule has 0 radical (unpaired) electrons. The summed E-state index contributed by atoms with van der Waals surface area (Å²) in [6.07, 6.45) is -0.908. The van der Waals surface area contributed by atoms with E-state index in [1.807, 2.05) is 0 Å². The minimum absolute atomic E-state index is 0.148. The van der Waals surface area contributed by atoms with Crippen LogP contribution in [0.4, 0.5) is 8.78 Å². The van der Waals surface area contributed by atoms with Crippen molar-refractivity contribution < 1.29 is 18.5 Å². The summed E-state index contributed by atoms with van der Waals surface area (Å²) in [5, 5.41) is 22.2. The number of nitro groups is 1. The summed E-state index contributed by atoms with van der Waals surface area (Å²) in [7, 11) is 0. The van der Waals surface area contributed by atoms with Crippen molar-refractivity contribution in [2.24, 2.45) is 0 Å². The molecule has 2 atom stereocenters. The number of benzene rings is 1. The molecule has 25 heavy (non-hydrogen) atoms. The van der Waals surface area contributed by atoms with Gasteiger partial charge in [-0.05, 0) is 37.6 Å². The number of carbonyl (C=O) groups is 1. The number of allylic oxidation sites excluding steroid dienone is 1. The van der Waals surface area contributed by atoms with Crippen molar-refractivity contribution in [3.8, 4) is 6.07 Å². The lowest BCUT2D eigenvalue weighted by molar-refractivity contribution is -0.515. The lowest BCUT2D eigenvalue weighted by Crippen LogP contribution is -2.34. The highest BCUT2D eigenvalue weighted by Crippen LogP contribution is 2.25. The van der Waals surface area contributed by atoms with Crippen molar-refractivity contribution in [3.63, 3.8) is 0 Å². The molecule has 2 unspecified atom stereocenters. The molecule has 0 aromatic heterocycles. The Morgan fingerprint density at radius 2 is 2.08 bits per heavy atom. The summed E-state index contributed by atoms with van der Waals surface area (Å²) in [5.41, 5.74) is -0.549. The largest absolute Gasteiger partial charge is 0.320 e. The molecule has 0 bridgehead atoms. The molecule has 1 aliphatic rings. The van der Waals surface area contributed by atoms with Gasteiger partial charge in [-0.3, -0.25) is 14.9 Å². The average molecular weight is 347 g/mol.